The number of fused-ring (bicyclic) bond motifs is 1. The average Bonchev–Trinajstić information content (AvgIpc) is 3.35. The molecule has 0 spiro atoms. The first-order chi connectivity index (χ1) is 18.6. The van der Waals surface area contributed by atoms with E-state index in [4.69, 9.17) is 28.4 Å². The van der Waals surface area contributed by atoms with E-state index in [0.29, 0.717) is 11.1 Å². The number of methoxy groups -OCH3 is 2. The number of aliphatic hydroxyl groups is 6. The van der Waals surface area contributed by atoms with Gasteiger partial charge in [0.15, 0.2) is 34.2 Å². The molecule has 0 aromatic heterocycles. The van der Waals surface area contributed by atoms with Crippen LogP contribution in [0.15, 0.2) is 36.4 Å². The molecular formula is C26H32O13. The Kier molecular flexibility index (Phi) is 7.39. The molecule has 0 saturated carbocycles. The Balaban J connectivity index is 1.39. The van der Waals surface area contributed by atoms with Gasteiger partial charge in [0, 0.05) is 0 Å². The predicted octanol–water partition coefficient (Wildman–Crippen LogP) is -1.11. The summed E-state index contributed by atoms with van der Waals surface area (Å²) >= 11 is 0. The van der Waals surface area contributed by atoms with Gasteiger partial charge in [-0.1, -0.05) is 12.1 Å². The Hall–Kier alpha value is -2.72. The number of rotatable bonds is 7. The summed E-state index contributed by atoms with van der Waals surface area (Å²) in [5, 5.41) is 73.0. The fraction of sp³-hybridized carbons (Fsp3) is 0.538. The quantitative estimate of drug-likeness (QED) is 0.219. The lowest BCUT2D eigenvalue weighted by Gasteiger charge is -2.39. The van der Waals surface area contributed by atoms with Crippen LogP contribution in [-0.4, -0.2) is 112 Å². The molecule has 3 fully saturated rings. The maximum Gasteiger partial charge on any atom is 0.229 e. The Morgan fingerprint density at radius 3 is 1.92 bits per heavy atom. The number of benzene rings is 2. The SMILES string of the molecule is COc1cc(C2OCC3(O)C(c4ccc(OC5OC(CO)C(O)C(O)C5O)c(OC)c4)OCC23O)ccc1O. The summed E-state index contributed by atoms with van der Waals surface area (Å²) in [5.74, 6) is 0.360. The fourth-order valence-electron chi connectivity index (χ4n) is 5.39. The lowest BCUT2D eigenvalue weighted by Crippen LogP contribution is -2.60. The van der Waals surface area contributed by atoms with Crippen molar-refractivity contribution < 1.29 is 64.2 Å². The highest BCUT2D eigenvalue weighted by Crippen LogP contribution is 2.56. The first-order valence-corrected chi connectivity index (χ1v) is 12.3. The highest BCUT2D eigenvalue weighted by molar-refractivity contribution is 5.47. The van der Waals surface area contributed by atoms with Gasteiger partial charge in [-0.2, -0.15) is 0 Å². The minimum atomic E-state index is -1.85. The predicted molar refractivity (Wildman–Crippen MR) is 129 cm³/mol. The monoisotopic (exact) mass is 552 g/mol. The van der Waals surface area contributed by atoms with Crippen LogP contribution in [0.2, 0.25) is 0 Å². The summed E-state index contributed by atoms with van der Waals surface area (Å²) in [4.78, 5) is 0. The van der Waals surface area contributed by atoms with Gasteiger partial charge < -0.3 is 64.2 Å². The van der Waals surface area contributed by atoms with E-state index >= 15 is 0 Å². The largest absolute Gasteiger partial charge is 0.504 e. The van der Waals surface area contributed by atoms with Crippen LogP contribution in [0.25, 0.3) is 0 Å². The minimum absolute atomic E-state index is 0.0832. The first-order valence-electron chi connectivity index (χ1n) is 12.3. The molecule has 0 bridgehead atoms. The molecule has 2 aromatic rings. The van der Waals surface area contributed by atoms with E-state index in [1.165, 1.54) is 38.5 Å². The van der Waals surface area contributed by atoms with Gasteiger partial charge in [-0.05, 0) is 35.4 Å². The second-order valence-corrected chi connectivity index (χ2v) is 9.89. The van der Waals surface area contributed by atoms with E-state index in [1.54, 1.807) is 12.1 Å². The number of phenols is 1. The first kappa shape index (κ1) is 27.8. The summed E-state index contributed by atoms with van der Waals surface area (Å²) in [6, 6.07) is 9.04. The zero-order valence-corrected chi connectivity index (χ0v) is 21.2. The molecule has 13 nitrogen and oxygen atoms in total. The van der Waals surface area contributed by atoms with Gasteiger partial charge in [0.25, 0.3) is 0 Å². The molecule has 0 radical (unpaired) electrons. The van der Waals surface area contributed by atoms with Gasteiger partial charge in [-0.3, -0.25) is 0 Å². The molecular weight excluding hydrogens is 520 g/mol. The zero-order chi connectivity index (χ0) is 28.1. The molecule has 9 unspecified atom stereocenters. The standard InChI is InChI=1S/C26H32O13/c1-34-16-7-12(3-5-14(16)28)22-25(32)10-37-23(26(25,33)11-36-22)13-4-6-15(17(8-13)35-2)38-24-21(31)20(30)19(29)18(9-27)39-24/h3-8,18-24,27-33H,9-11H2,1-2H3. The lowest BCUT2D eigenvalue weighted by molar-refractivity contribution is -0.277. The molecule has 3 saturated heterocycles. The van der Waals surface area contributed by atoms with E-state index in [2.05, 4.69) is 0 Å². The number of aliphatic hydroxyl groups excluding tert-OH is 4. The molecule has 39 heavy (non-hydrogen) atoms. The van der Waals surface area contributed by atoms with E-state index in [9.17, 15) is 35.7 Å². The van der Waals surface area contributed by atoms with Crippen molar-refractivity contribution >= 4 is 0 Å². The average molecular weight is 553 g/mol. The van der Waals surface area contributed by atoms with Gasteiger partial charge >= 0.3 is 0 Å². The third kappa shape index (κ3) is 4.40. The van der Waals surface area contributed by atoms with Crippen LogP contribution in [0.5, 0.6) is 23.0 Å². The maximum atomic E-state index is 11.7. The van der Waals surface area contributed by atoms with Gasteiger partial charge in [-0.15, -0.1) is 0 Å². The molecule has 214 valence electrons. The van der Waals surface area contributed by atoms with Crippen molar-refractivity contribution in [1.29, 1.82) is 0 Å². The Labute approximate surface area is 223 Å². The van der Waals surface area contributed by atoms with Crippen molar-refractivity contribution in [3.63, 3.8) is 0 Å². The highest BCUT2D eigenvalue weighted by atomic mass is 16.7. The Bertz CT molecular complexity index is 1190. The van der Waals surface area contributed by atoms with E-state index < -0.39 is 60.7 Å². The van der Waals surface area contributed by atoms with Crippen LogP contribution in [-0.2, 0) is 14.2 Å². The van der Waals surface area contributed by atoms with Crippen LogP contribution < -0.4 is 14.2 Å². The molecule has 7 N–H and O–H groups in total. The van der Waals surface area contributed by atoms with Gasteiger partial charge in [-0.25, -0.2) is 0 Å². The fourth-order valence-corrected chi connectivity index (χ4v) is 5.39. The van der Waals surface area contributed by atoms with Crippen molar-refractivity contribution in [2.24, 2.45) is 0 Å². The molecule has 2 aromatic carbocycles. The summed E-state index contributed by atoms with van der Waals surface area (Å²) in [6.45, 7) is -1.12. The molecule has 13 heteroatoms. The van der Waals surface area contributed by atoms with Crippen LogP contribution in [0.3, 0.4) is 0 Å². The number of hydrogen-bond donors (Lipinski definition) is 7. The van der Waals surface area contributed by atoms with Gasteiger partial charge in [0.05, 0.1) is 34.0 Å². The Morgan fingerprint density at radius 1 is 0.795 bits per heavy atom. The molecule has 5 rings (SSSR count). The van der Waals surface area contributed by atoms with Crippen molar-refractivity contribution in [2.45, 2.75) is 54.1 Å². The van der Waals surface area contributed by atoms with Gasteiger partial charge in [0.1, 0.15) is 36.6 Å². The molecule has 3 heterocycles. The van der Waals surface area contributed by atoms with Gasteiger partial charge in [0.2, 0.25) is 6.29 Å². The molecule has 3 aliphatic rings. The number of phenolic OH excluding ortho intramolecular Hbond substituents is 1. The number of aromatic hydroxyl groups is 1. The summed E-state index contributed by atoms with van der Waals surface area (Å²) in [7, 11) is 2.76. The van der Waals surface area contributed by atoms with Crippen LogP contribution in [0.4, 0.5) is 0 Å². The normalized spacial score (nSPS) is 37.9. The topological polar surface area (TPSA) is 197 Å². The van der Waals surface area contributed by atoms with Crippen molar-refractivity contribution in [1.82, 2.24) is 0 Å². The van der Waals surface area contributed by atoms with Crippen molar-refractivity contribution in [2.75, 3.05) is 34.0 Å². The van der Waals surface area contributed by atoms with E-state index in [1.807, 2.05) is 0 Å². The smallest absolute Gasteiger partial charge is 0.229 e. The van der Waals surface area contributed by atoms with Crippen molar-refractivity contribution in [3.8, 4) is 23.0 Å². The summed E-state index contributed by atoms with van der Waals surface area (Å²) in [6.07, 6.45) is -9.35. The second-order valence-electron chi connectivity index (χ2n) is 9.89. The minimum Gasteiger partial charge on any atom is -0.504 e. The third-order valence-corrected chi connectivity index (χ3v) is 7.65. The second kappa shape index (κ2) is 10.4. The highest BCUT2D eigenvalue weighted by Gasteiger charge is 2.69. The zero-order valence-electron chi connectivity index (χ0n) is 21.2. The molecule has 0 aliphatic carbocycles. The number of hydrogen-bond acceptors (Lipinski definition) is 13. The Morgan fingerprint density at radius 2 is 1.36 bits per heavy atom. The number of ether oxygens (including phenoxy) is 6. The van der Waals surface area contributed by atoms with Crippen LogP contribution >= 0.6 is 0 Å². The lowest BCUT2D eigenvalue weighted by atomic mass is 9.77. The van der Waals surface area contributed by atoms with Crippen molar-refractivity contribution in [3.05, 3.63) is 47.5 Å². The summed E-state index contributed by atoms with van der Waals surface area (Å²) in [5.41, 5.74) is -2.78. The third-order valence-electron chi connectivity index (χ3n) is 7.65. The maximum absolute atomic E-state index is 11.7. The van der Waals surface area contributed by atoms with Crippen LogP contribution in [0, 0.1) is 0 Å². The molecule has 3 aliphatic heterocycles. The van der Waals surface area contributed by atoms with Crippen LogP contribution in [0.1, 0.15) is 23.3 Å². The van der Waals surface area contributed by atoms with E-state index in [-0.39, 0.29) is 36.2 Å². The molecule has 0 amide bonds. The molecule has 9 atom stereocenters. The summed E-state index contributed by atoms with van der Waals surface area (Å²) < 4.78 is 33.4. The van der Waals surface area contributed by atoms with E-state index in [0.717, 1.165) is 0 Å².